The highest BCUT2D eigenvalue weighted by Crippen LogP contribution is 2.32. The topological polar surface area (TPSA) is 129 Å². The number of carbonyl (C=O) groups is 2. The Morgan fingerprint density at radius 1 is 1.05 bits per heavy atom. The van der Waals surface area contributed by atoms with Crippen molar-refractivity contribution in [3.8, 4) is 17.1 Å². The van der Waals surface area contributed by atoms with E-state index in [0.717, 1.165) is 17.0 Å². The number of furan rings is 1. The number of thioether (sulfide) groups is 1. The first-order valence-electron chi connectivity index (χ1n) is 11.9. The second-order valence-corrected chi connectivity index (χ2v) is 9.59. The van der Waals surface area contributed by atoms with Crippen LogP contribution in [0, 0.1) is 0 Å². The molecule has 1 N–H and O–H groups in total. The van der Waals surface area contributed by atoms with Crippen molar-refractivity contribution in [1.29, 1.82) is 0 Å². The van der Waals surface area contributed by atoms with Gasteiger partial charge in [0.1, 0.15) is 5.76 Å². The van der Waals surface area contributed by atoms with Gasteiger partial charge in [-0.1, -0.05) is 30.0 Å². The summed E-state index contributed by atoms with van der Waals surface area (Å²) < 4.78 is 7.40. The van der Waals surface area contributed by atoms with E-state index in [1.165, 1.54) is 18.0 Å². The van der Waals surface area contributed by atoms with Crippen LogP contribution in [0.25, 0.3) is 17.1 Å². The van der Waals surface area contributed by atoms with Gasteiger partial charge in [-0.25, -0.2) is 9.97 Å². The quantitative estimate of drug-likeness (QED) is 0.309. The summed E-state index contributed by atoms with van der Waals surface area (Å²) in [6.07, 6.45) is 7.35. The first kappa shape index (κ1) is 23.7. The third-order valence-electron chi connectivity index (χ3n) is 6.16. The van der Waals surface area contributed by atoms with E-state index >= 15 is 0 Å². The minimum atomic E-state index is -0.298. The molecule has 188 valence electrons. The predicted octanol–water partition coefficient (Wildman–Crippen LogP) is 4.36. The lowest BCUT2D eigenvalue weighted by Gasteiger charge is -2.21. The molecule has 0 fully saturated rings. The second kappa shape index (κ2) is 10.4. The molecule has 0 aliphatic heterocycles. The highest BCUT2D eigenvalue weighted by Gasteiger charge is 2.29. The maximum absolute atomic E-state index is 12.8. The van der Waals surface area contributed by atoms with E-state index in [0.29, 0.717) is 35.1 Å². The number of amides is 1. The number of hydrogen-bond acceptors (Lipinski definition) is 9. The monoisotopic (exact) mass is 523 g/mol. The summed E-state index contributed by atoms with van der Waals surface area (Å²) in [4.78, 5) is 38.2. The van der Waals surface area contributed by atoms with Crippen LogP contribution in [-0.4, -0.2) is 47.2 Å². The molecule has 0 saturated heterocycles. The van der Waals surface area contributed by atoms with Gasteiger partial charge < -0.3 is 4.42 Å². The Labute approximate surface area is 221 Å². The minimum Gasteiger partial charge on any atom is -0.469 e. The van der Waals surface area contributed by atoms with Crippen LogP contribution >= 0.6 is 11.8 Å². The van der Waals surface area contributed by atoms with Crippen LogP contribution in [0.3, 0.4) is 0 Å². The van der Waals surface area contributed by atoms with Gasteiger partial charge in [-0.05, 0) is 36.4 Å². The van der Waals surface area contributed by atoms with Crippen LogP contribution in [0.5, 0.6) is 0 Å². The molecule has 0 unspecified atom stereocenters. The van der Waals surface area contributed by atoms with Crippen molar-refractivity contribution in [2.75, 3.05) is 11.1 Å². The van der Waals surface area contributed by atoms with Crippen molar-refractivity contribution in [3.05, 3.63) is 96.5 Å². The van der Waals surface area contributed by atoms with Gasteiger partial charge >= 0.3 is 0 Å². The molecule has 6 rings (SSSR count). The van der Waals surface area contributed by atoms with E-state index in [-0.39, 0.29) is 29.3 Å². The predicted molar refractivity (Wildman–Crippen MR) is 140 cm³/mol. The summed E-state index contributed by atoms with van der Waals surface area (Å²) in [6.45, 7) is 0. The number of pyridine rings is 1. The summed E-state index contributed by atoms with van der Waals surface area (Å²) in [5.41, 5.74) is 2.82. The van der Waals surface area contributed by atoms with Crippen molar-refractivity contribution in [2.24, 2.45) is 0 Å². The Morgan fingerprint density at radius 3 is 2.68 bits per heavy atom. The standard InChI is InChI=1S/C27H21N7O3S/c35-22-14-18(23-7-4-12-37-23)13-21-20(22)15-29-26(30-21)31-24(36)16-38-27-33-32-25(17-8-10-28-11-9-17)34(27)19-5-2-1-3-6-19/h1-12,15,18H,13-14,16H2,(H,29,30,31,36)/t18-/m0/s1. The van der Waals surface area contributed by atoms with E-state index in [1.54, 1.807) is 24.7 Å². The van der Waals surface area contributed by atoms with Gasteiger partial charge in [0.25, 0.3) is 0 Å². The van der Waals surface area contributed by atoms with Crippen molar-refractivity contribution < 1.29 is 14.0 Å². The summed E-state index contributed by atoms with van der Waals surface area (Å²) in [5, 5.41) is 12.0. The van der Waals surface area contributed by atoms with E-state index < -0.39 is 0 Å². The summed E-state index contributed by atoms with van der Waals surface area (Å²) in [7, 11) is 0. The molecule has 10 nitrogen and oxygen atoms in total. The van der Waals surface area contributed by atoms with E-state index in [9.17, 15) is 9.59 Å². The maximum Gasteiger partial charge on any atom is 0.237 e. The van der Waals surface area contributed by atoms with Gasteiger partial charge in [0.15, 0.2) is 16.8 Å². The largest absolute Gasteiger partial charge is 0.469 e. The molecule has 4 aromatic heterocycles. The Morgan fingerprint density at radius 2 is 1.89 bits per heavy atom. The third kappa shape index (κ3) is 4.83. The molecule has 0 saturated carbocycles. The number of aromatic nitrogens is 6. The molecule has 0 radical (unpaired) electrons. The number of rotatable bonds is 7. The van der Waals surface area contributed by atoms with Gasteiger partial charge in [0.05, 0.1) is 23.3 Å². The van der Waals surface area contributed by atoms with Crippen LogP contribution in [0.1, 0.15) is 34.2 Å². The highest BCUT2D eigenvalue weighted by atomic mass is 32.2. The van der Waals surface area contributed by atoms with Crippen molar-refractivity contribution >= 4 is 29.4 Å². The number of nitrogens with one attached hydrogen (secondary N) is 1. The molecule has 1 aliphatic rings. The number of nitrogens with zero attached hydrogens (tertiary/aromatic N) is 6. The zero-order chi connectivity index (χ0) is 25.9. The SMILES string of the molecule is O=C(CSc1nnc(-c2ccncc2)n1-c1ccccc1)Nc1ncc2c(n1)C[C@H](c1ccco1)CC2=O. The van der Waals surface area contributed by atoms with Gasteiger partial charge in [-0.3, -0.25) is 24.5 Å². The Bertz CT molecular complexity index is 1590. The highest BCUT2D eigenvalue weighted by molar-refractivity contribution is 7.99. The molecule has 1 aromatic carbocycles. The number of para-hydroxylation sites is 1. The molecule has 0 spiro atoms. The Balaban J connectivity index is 1.18. The number of carbonyl (C=O) groups excluding carboxylic acids is 2. The molecule has 11 heteroatoms. The molecule has 1 atom stereocenters. The van der Waals surface area contributed by atoms with Crippen LogP contribution in [0.4, 0.5) is 5.95 Å². The van der Waals surface area contributed by atoms with E-state index in [4.69, 9.17) is 4.42 Å². The van der Waals surface area contributed by atoms with Gasteiger partial charge in [-0.15, -0.1) is 10.2 Å². The second-order valence-electron chi connectivity index (χ2n) is 8.65. The van der Waals surface area contributed by atoms with Gasteiger partial charge in [0, 0.05) is 48.6 Å². The van der Waals surface area contributed by atoms with Crippen molar-refractivity contribution in [3.63, 3.8) is 0 Å². The summed E-state index contributed by atoms with van der Waals surface area (Å²) >= 11 is 1.25. The first-order chi connectivity index (χ1) is 18.7. The van der Waals surface area contributed by atoms with E-state index in [1.807, 2.05) is 53.1 Å². The van der Waals surface area contributed by atoms with Crippen LogP contribution in [-0.2, 0) is 11.2 Å². The number of fused-ring (bicyclic) bond motifs is 1. The molecule has 1 aliphatic carbocycles. The fourth-order valence-electron chi connectivity index (χ4n) is 4.38. The lowest BCUT2D eigenvalue weighted by Crippen LogP contribution is -2.22. The average Bonchev–Trinajstić information content (AvgIpc) is 3.63. The van der Waals surface area contributed by atoms with Crippen LogP contribution < -0.4 is 5.32 Å². The zero-order valence-corrected chi connectivity index (χ0v) is 20.8. The molecule has 38 heavy (non-hydrogen) atoms. The fraction of sp³-hybridized carbons (Fsp3) is 0.148. The molecule has 1 amide bonds. The summed E-state index contributed by atoms with van der Waals surface area (Å²) in [6, 6.07) is 17.1. The molecular formula is C27H21N7O3S. The smallest absolute Gasteiger partial charge is 0.237 e. The lowest BCUT2D eigenvalue weighted by molar-refractivity contribution is -0.113. The minimum absolute atomic E-state index is 0.0358. The molecular weight excluding hydrogens is 502 g/mol. The number of ketones is 1. The third-order valence-corrected chi connectivity index (χ3v) is 7.08. The number of Topliss-reactive ketones (excluding diaryl/α,β-unsaturated/α-hetero) is 1. The van der Waals surface area contributed by atoms with Crippen molar-refractivity contribution in [2.45, 2.75) is 23.9 Å². The zero-order valence-electron chi connectivity index (χ0n) is 20.0. The Hall–Kier alpha value is -4.64. The first-order valence-corrected chi connectivity index (χ1v) is 12.9. The van der Waals surface area contributed by atoms with Gasteiger partial charge in [0.2, 0.25) is 11.9 Å². The number of hydrogen-bond donors (Lipinski definition) is 1. The van der Waals surface area contributed by atoms with Crippen LogP contribution in [0.15, 0.2) is 89.0 Å². The van der Waals surface area contributed by atoms with Crippen molar-refractivity contribution in [1.82, 2.24) is 29.7 Å². The number of benzene rings is 1. The molecule has 4 heterocycles. The maximum atomic E-state index is 12.8. The van der Waals surface area contributed by atoms with E-state index in [2.05, 4.69) is 30.5 Å². The molecule has 0 bridgehead atoms. The van der Waals surface area contributed by atoms with Gasteiger partial charge in [-0.2, -0.15) is 0 Å². The van der Waals surface area contributed by atoms with Crippen LogP contribution in [0.2, 0.25) is 0 Å². The summed E-state index contributed by atoms with van der Waals surface area (Å²) in [5.74, 6) is 1.20. The lowest BCUT2D eigenvalue weighted by atomic mass is 9.85. The Kier molecular flexibility index (Phi) is 6.49. The molecule has 5 aromatic rings. The normalized spacial score (nSPS) is 14.7. The average molecular weight is 524 g/mol. The number of anilines is 1. The fourth-order valence-corrected chi connectivity index (χ4v) is 5.13.